The van der Waals surface area contributed by atoms with E-state index in [1.165, 1.54) is 32.1 Å². The normalized spacial score (nSPS) is 22.0. The molecule has 2 fully saturated rings. The molecule has 130 valence electrons. The van der Waals surface area contributed by atoms with Crippen LogP contribution in [0.25, 0.3) is 0 Å². The summed E-state index contributed by atoms with van der Waals surface area (Å²) in [6.07, 6.45) is 6.64. The second-order valence-corrected chi connectivity index (χ2v) is 7.13. The molecule has 0 spiro atoms. The van der Waals surface area contributed by atoms with Gasteiger partial charge in [0.15, 0.2) is 0 Å². The molecule has 1 aliphatic carbocycles. The van der Waals surface area contributed by atoms with Gasteiger partial charge >= 0.3 is 0 Å². The van der Waals surface area contributed by atoms with E-state index in [0.717, 1.165) is 6.54 Å². The zero-order valence-corrected chi connectivity index (χ0v) is 14.3. The highest BCUT2D eigenvalue weighted by atomic mass is 16.3. The van der Waals surface area contributed by atoms with Crippen molar-refractivity contribution < 1.29 is 14.7 Å². The summed E-state index contributed by atoms with van der Waals surface area (Å²) in [4.78, 5) is 26.6. The number of benzene rings is 1. The van der Waals surface area contributed by atoms with Gasteiger partial charge in [0.2, 0.25) is 5.91 Å². The Morgan fingerprint density at radius 3 is 2.79 bits per heavy atom. The molecule has 0 unspecified atom stereocenters. The summed E-state index contributed by atoms with van der Waals surface area (Å²) in [6.45, 7) is 3.15. The predicted molar refractivity (Wildman–Crippen MR) is 91.9 cm³/mol. The number of hydrogen-bond donors (Lipinski definition) is 2. The number of hydrogen-bond acceptors (Lipinski definition) is 3. The van der Waals surface area contributed by atoms with Crippen molar-refractivity contribution in [2.24, 2.45) is 5.92 Å². The van der Waals surface area contributed by atoms with Gasteiger partial charge in [-0.15, -0.1) is 0 Å². The van der Waals surface area contributed by atoms with Crippen molar-refractivity contribution in [1.29, 1.82) is 0 Å². The van der Waals surface area contributed by atoms with Crippen LogP contribution in [0.15, 0.2) is 18.2 Å². The fourth-order valence-corrected chi connectivity index (χ4v) is 3.86. The highest BCUT2D eigenvalue weighted by molar-refractivity contribution is 5.97. The van der Waals surface area contributed by atoms with E-state index in [0.29, 0.717) is 30.0 Å². The van der Waals surface area contributed by atoms with Gasteiger partial charge < -0.3 is 15.3 Å². The molecular formula is C19H26N2O3. The molecule has 1 saturated carbocycles. The van der Waals surface area contributed by atoms with Crippen LogP contribution in [0.4, 0.5) is 0 Å². The number of carbonyl (C=O) groups is 2. The topological polar surface area (TPSA) is 69.6 Å². The van der Waals surface area contributed by atoms with Crippen LogP contribution >= 0.6 is 0 Å². The predicted octanol–water partition coefficient (Wildman–Crippen LogP) is 2.61. The zero-order valence-electron chi connectivity index (χ0n) is 14.3. The maximum Gasteiger partial charge on any atom is 0.251 e. The van der Waals surface area contributed by atoms with Crippen molar-refractivity contribution in [3.8, 4) is 5.75 Å². The van der Waals surface area contributed by atoms with Gasteiger partial charge in [0, 0.05) is 30.6 Å². The number of phenols is 1. The van der Waals surface area contributed by atoms with Gasteiger partial charge in [-0.1, -0.05) is 25.3 Å². The lowest BCUT2D eigenvalue weighted by molar-refractivity contribution is -0.128. The fraction of sp³-hybridized carbons (Fsp3) is 0.579. The first kappa shape index (κ1) is 16.8. The molecule has 5 heteroatoms. The molecule has 24 heavy (non-hydrogen) atoms. The lowest BCUT2D eigenvalue weighted by Crippen LogP contribution is -2.38. The Kier molecular flexibility index (Phi) is 5.07. The van der Waals surface area contributed by atoms with Crippen LogP contribution in [0.3, 0.4) is 0 Å². The molecule has 1 heterocycles. The number of amides is 2. The monoisotopic (exact) mass is 330 g/mol. The van der Waals surface area contributed by atoms with Crippen LogP contribution in [0, 0.1) is 12.8 Å². The minimum absolute atomic E-state index is 0.115. The SMILES string of the molecule is Cc1c(O)cccc1C(=O)N[C@H]1CC(=O)N(CC2CCCCC2)C1. The first-order chi connectivity index (χ1) is 11.5. The molecule has 1 aromatic carbocycles. The van der Waals surface area contributed by atoms with E-state index < -0.39 is 0 Å². The van der Waals surface area contributed by atoms with Crippen LogP contribution in [0.2, 0.25) is 0 Å². The molecule has 5 nitrogen and oxygen atoms in total. The first-order valence-corrected chi connectivity index (χ1v) is 8.92. The molecule has 0 radical (unpaired) electrons. The number of aromatic hydroxyl groups is 1. The van der Waals surface area contributed by atoms with Crippen molar-refractivity contribution in [3.05, 3.63) is 29.3 Å². The number of likely N-dealkylation sites (tertiary alicyclic amines) is 1. The van der Waals surface area contributed by atoms with Gasteiger partial charge in [0.05, 0.1) is 6.04 Å². The van der Waals surface area contributed by atoms with Crippen LogP contribution < -0.4 is 5.32 Å². The number of phenolic OH excluding ortho intramolecular Hbond substituents is 1. The van der Waals surface area contributed by atoms with Crippen molar-refractivity contribution >= 4 is 11.8 Å². The third kappa shape index (κ3) is 3.71. The number of nitrogens with one attached hydrogen (secondary N) is 1. The second kappa shape index (κ2) is 7.24. The van der Waals surface area contributed by atoms with E-state index in [2.05, 4.69) is 5.32 Å². The summed E-state index contributed by atoms with van der Waals surface area (Å²) in [7, 11) is 0. The van der Waals surface area contributed by atoms with Crippen molar-refractivity contribution in [1.82, 2.24) is 10.2 Å². The molecule has 0 bridgehead atoms. The molecule has 3 rings (SSSR count). The van der Waals surface area contributed by atoms with Crippen molar-refractivity contribution in [2.45, 2.75) is 51.5 Å². The molecule has 2 aliphatic rings. The Labute approximate surface area is 143 Å². The van der Waals surface area contributed by atoms with E-state index in [9.17, 15) is 14.7 Å². The van der Waals surface area contributed by atoms with E-state index >= 15 is 0 Å². The number of rotatable bonds is 4. The Hall–Kier alpha value is -2.04. The molecule has 1 atom stereocenters. The molecule has 0 aromatic heterocycles. The van der Waals surface area contributed by atoms with Crippen LogP contribution in [0.5, 0.6) is 5.75 Å². The van der Waals surface area contributed by atoms with Crippen molar-refractivity contribution in [3.63, 3.8) is 0 Å². The Morgan fingerprint density at radius 2 is 2.04 bits per heavy atom. The summed E-state index contributed by atoms with van der Waals surface area (Å²) >= 11 is 0. The van der Waals surface area contributed by atoms with E-state index in [-0.39, 0.29) is 23.6 Å². The van der Waals surface area contributed by atoms with E-state index in [4.69, 9.17) is 0 Å². The van der Waals surface area contributed by atoms with Gasteiger partial charge in [-0.25, -0.2) is 0 Å². The summed E-state index contributed by atoms with van der Waals surface area (Å²) in [5, 5.41) is 12.7. The highest BCUT2D eigenvalue weighted by Crippen LogP contribution is 2.26. The average Bonchev–Trinajstić information content (AvgIpc) is 2.90. The van der Waals surface area contributed by atoms with Gasteiger partial charge in [-0.2, -0.15) is 0 Å². The summed E-state index contributed by atoms with van der Waals surface area (Å²) in [5.41, 5.74) is 1.03. The summed E-state index contributed by atoms with van der Waals surface area (Å²) in [5.74, 6) is 0.647. The maximum absolute atomic E-state index is 12.4. The molecule has 1 aliphatic heterocycles. The summed E-state index contributed by atoms with van der Waals surface area (Å²) < 4.78 is 0. The second-order valence-electron chi connectivity index (χ2n) is 7.13. The third-order valence-corrected chi connectivity index (χ3v) is 5.30. The van der Waals surface area contributed by atoms with Crippen LogP contribution in [-0.2, 0) is 4.79 Å². The smallest absolute Gasteiger partial charge is 0.251 e. The molecule has 1 saturated heterocycles. The first-order valence-electron chi connectivity index (χ1n) is 8.92. The quantitative estimate of drug-likeness (QED) is 0.891. The summed E-state index contributed by atoms with van der Waals surface area (Å²) in [6, 6.07) is 4.78. The van der Waals surface area contributed by atoms with E-state index in [1.54, 1.807) is 25.1 Å². The Balaban J connectivity index is 1.57. The minimum Gasteiger partial charge on any atom is -0.508 e. The van der Waals surface area contributed by atoms with Gasteiger partial charge in [0.1, 0.15) is 5.75 Å². The minimum atomic E-state index is -0.222. The highest BCUT2D eigenvalue weighted by Gasteiger charge is 2.32. The van der Waals surface area contributed by atoms with E-state index in [1.807, 2.05) is 4.90 Å². The molecular weight excluding hydrogens is 304 g/mol. The van der Waals surface area contributed by atoms with Gasteiger partial charge in [-0.3, -0.25) is 9.59 Å². The lowest BCUT2D eigenvalue weighted by atomic mass is 9.89. The largest absolute Gasteiger partial charge is 0.508 e. The zero-order chi connectivity index (χ0) is 17.1. The third-order valence-electron chi connectivity index (χ3n) is 5.30. The van der Waals surface area contributed by atoms with Gasteiger partial charge in [0.25, 0.3) is 5.91 Å². The lowest BCUT2D eigenvalue weighted by Gasteiger charge is -2.27. The molecule has 2 N–H and O–H groups in total. The number of carbonyl (C=O) groups excluding carboxylic acids is 2. The van der Waals surface area contributed by atoms with Gasteiger partial charge in [-0.05, 0) is 37.8 Å². The Morgan fingerprint density at radius 1 is 1.29 bits per heavy atom. The molecule has 1 aromatic rings. The Bertz CT molecular complexity index is 623. The maximum atomic E-state index is 12.4. The van der Waals surface area contributed by atoms with Crippen LogP contribution in [-0.4, -0.2) is 41.0 Å². The van der Waals surface area contributed by atoms with Crippen molar-refractivity contribution in [2.75, 3.05) is 13.1 Å². The number of nitrogens with zero attached hydrogens (tertiary/aromatic N) is 1. The van der Waals surface area contributed by atoms with Crippen LogP contribution in [0.1, 0.15) is 54.4 Å². The fourth-order valence-electron chi connectivity index (χ4n) is 3.86. The molecule has 2 amide bonds. The average molecular weight is 330 g/mol. The standard InChI is InChI=1S/C19H26N2O3/c1-13-16(8-5-9-17(13)22)19(24)20-15-10-18(23)21(12-15)11-14-6-3-2-4-7-14/h5,8-9,14-15,22H,2-4,6-7,10-12H2,1H3,(H,20,24)/t15-/m0/s1.